The lowest BCUT2D eigenvalue weighted by Crippen LogP contribution is -2.41. The van der Waals surface area contributed by atoms with Gasteiger partial charge in [-0.3, -0.25) is 0 Å². The van der Waals surface area contributed by atoms with Crippen LogP contribution in [0.3, 0.4) is 0 Å². The summed E-state index contributed by atoms with van der Waals surface area (Å²) < 4.78 is 31.5. The van der Waals surface area contributed by atoms with E-state index in [4.69, 9.17) is 29.4 Å². The fraction of sp³-hybridized carbons (Fsp3) is 0.345. The maximum Gasteiger partial charge on any atom is 0.338 e. The number of carbonyl (C=O) groups is 2. The summed E-state index contributed by atoms with van der Waals surface area (Å²) in [6.45, 7) is 4.09. The maximum absolute atomic E-state index is 13.3. The molecule has 2 aromatic carbocycles. The van der Waals surface area contributed by atoms with Gasteiger partial charge in [0.25, 0.3) is 0 Å². The number of fused-ring (bicyclic) bond motifs is 1. The van der Waals surface area contributed by atoms with E-state index in [1.807, 2.05) is 60.7 Å². The van der Waals surface area contributed by atoms with Crippen molar-refractivity contribution in [1.82, 2.24) is 19.7 Å². The van der Waals surface area contributed by atoms with Crippen LogP contribution in [-0.2, 0) is 23.7 Å². The predicted octanol–water partition coefficient (Wildman–Crippen LogP) is 3.64. The molecule has 13 heteroatoms. The minimum atomic E-state index is -0.984. The van der Waals surface area contributed by atoms with Gasteiger partial charge >= 0.3 is 11.9 Å². The molecule has 12 nitrogen and oxygen atoms in total. The number of esters is 2. The van der Waals surface area contributed by atoms with Crippen LogP contribution >= 0.6 is 22.6 Å². The van der Waals surface area contributed by atoms with E-state index in [1.165, 1.54) is 11.0 Å². The second-order valence-electron chi connectivity index (χ2n) is 9.79. The van der Waals surface area contributed by atoms with Gasteiger partial charge in [-0.15, -0.1) is 0 Å². The smallest absolute Gasteiger partial charge is 0.338 e. The van der Waals surface area contributed by atoms with E-state index in [2.05, 4.69) is 15.1 Å². The highest BCUT2D eigenvalue weighted by molar-refractivity contribution is 14.1. The Bertz CT molecular complexity index is 1560. The molecule has 1 aliphatic rings. The first-order chi connectivity index (χ1) is 20.3. The van der Waals surface area contributed by atoms with Gasteiger partial charge in [0.05, 0.1) is 29.7 Å². The van der Waals surface area contributed by atoms with Gasteiger partial charge in [0.2, 0.25) is 0 Å². The van der Waals surface area contributed by atoms with Gasteiger partial charge in [0.15, 0.2) is 18.0 Å². The molecule has 3 heterocycles. The highest BCUT2D eigenvalue weighted by Crippen LogP contribution is 2.37. The van der Waals surface area contributed by atoms with E-state index in [0.717, 1.165) is 11.1 Å². The zero-order valence-electron chi connectivity index (χ0n) is 23.2. The van der Waals surface area contributed by atoms with Crippen molar-refractivity contribution < 1.29 is 33.3 Å². The zero-order chi connectivity index (χ0) is 29.8. The number of ether oxygens (including phenoxy) is 5. The second kappa shape index (κ2) is 13.1. The van der Waals surface area contributed by atoms with E-state index in [-0.39, 0.29) is 25.6 Å². The summed E-state index contributed by atoms with van der Waals surface area (Å²) in [4.78, 5) is 34.6. The summed E-state index contributed by atoms with van der Waals surface area (Å²) in [6.07, 6.45) is -2.34. The molecule has 0 radical (unpaired) electrons. The quantitative estimate of drug-likeness (QED) is 0.148. The highest BCUT2D eigenvalue weighted by atomic mass is 127. The van der Waals surface area contributed by atoms with Crippen LogP contribution in [0, 0.1) is 17.5 Å². The van der Waals surface area contributed by atoms with Crippen LogP contribution in [0.1, 0.15) is 38.1 Å². The summed E-state index contributed by atoms with van der Waals surface area (Å²) >= 11 is 2.04. The highest BCUT2D eigenvalue weighted by Gasteiger charge is 2.50. The number of benzene rings is 2. The molecule has 2 N–H and O–H groups in total. The molecule has 0 bridgehead atoms. The molecular weight excluding hydrogens is 657 g/mol. The number of methoxy groups -OCH3 is 1. The van der Waals surface area contributed by atoms with Crippen LogP contribution in [0.4, 0.5) is 5.82 Å². The molecule has 4 atom stereocenters. The van der Waals surface area contributed by atoms with E-state index >= 15 is 0 Å². The molecule has 1 saturated heterocycles. The fourth-order valence-electron chi connectivity index (χ4n) is 4.57. The van der Waals surface area contributed by atoms with E-state index in [9.17, 15) is 9.59 Å². The van der Waals surface area contributed by atoms with Crippen molar-refractivity contribution in [3.63, 3.8) is 0 Å². The summed E-state index contributed by atoms with van der Waals surface area (Å²) in [5.41, 5.74) is 9.29. The van der Waals surface area contributed by atoms with Crippen molar-refractivity contribution in [1.29, 1.82) is 0 Å². The van der Waals surface area contributed by atoms with Crippen LogP contribution in [-0.4, -0.2) is 76.9 Å². The van der Waals surface area contributed by atoms with Gasteiger partial charge < -0.3 is 29.4 Å². The molecule has 0 unspecified atom stereocenters. The van der Waals surface area contributed by atoms with E-state index in [0.29, 0.717) is 25.9 Å². The molecule has 1 fully saturated rings. The van der Waals surface area contributed by atoms with Crippen molar-refractivity contribution in [3.8, 4) is 0 Å². The maximum atomic E-state index is 13.3. The van der Waals surface area contributed by atoms with Crippen LogP contribution < -0.4 is 5.73 Å². The molecule has 0 aliphatic carbocycles. The number of halogens is 1. The summed E-state index contributed by atoms with van der Waals surface area (Å²) in [6, 6.07) is 14.0. The lowest BCUT2D eigenvalue weighted by atomic mass is 10.1. The Morgan fingerprint density at radius 3 is 2.24 bits per heavy atom. The lowest BCUT2D eigenvalue weighted by molar-refractivity contribution is -0.0851. The number of aryl methyl sites for hydroxylation is 2. The van der Waals surface area contributed by atoms with Gasteiger partial charge in [-0.2, -0.15) is 5.10 Å². The molecular formula is C29H30IN5O7. The number of rotatable bonds is 10. The Balaban J connectivity index is 1.48. The second-order valence-corrected chi connectivity index (χ2v) is 10.8. The molecule has 0 spiro atoms. The molecule has 4 aromatic rings. The van der Waals surface area contributed by atoms with Crippen molar-refractivity contribution in [2.24, 2.45) is 0 Å². The number of anilines is 1. The first kappa shape index (κ1) is 29.8. The van der Waals surface area contributed by atoms with E-state index < -0.39 is 36.5 Å². The number of aromatic nitrogens is 4. The topological polar surface area (TPSA) is 150 Å². The monoisotopic (exact) mass is 687 g/mol. The third kappa shape index (κ3) is 6.38. The predicted molar refractivity (Wildman–Crippen MR) is 160 cm³/mol. The van der Waals surface area contributed by atoms with Crippen molar-refractivity contribution in [3.05, 3.63) is 80.8 Å². The molecule has 220 valence electrons. The summed E-state index contributed by atoms with van der Waals surface area (Å²) in [7, 11) is 1.55. The minimum Gasteiger partial charge on any atom is -0.459 e. The third-order valence-corrected chi connectivity index (χ3v) is 7.55. The van der Waals surface area contributed by atoms with Gasteiger partial charge in [-0.25, -0.2) is 24.2 Å². The lowest BCUT2D eigenvalue weighted by Gasteiger charge is -2.24. The molecule has 1 aliphatic heterocycles. The van der Waals surface area contributed by atoms with Crippen molar-refractivity contribution in [2.45, 2.75) is 38.4 Å². The van der Waals surface area contributed by atoms with Gasteiger partial charge in [0, 0.05) is 7.11 Å². The molecule has 2 aromatic heterocycles. The molecule has 0 saturated carbocycles. The number of nitrogens with two attached hydrogens (primary N) is 1. The number of carbonyl (C=O) groups excluding carboxylic acids is 2. The Kier molecular flexibility index (Phi) is 9.30. The normalized spacial score (nSPS) is 20.1. The van der Waals surface area contributed by atoms with Crippen LogP contribution in [0.2, 0.25) is 0 Å². The van der Waals surface area contributed by atoms with Crippen LogP contribution in [0.5, 0.6) is 0 Å². The summed E-state index contributed by atoms with van der Waals surface area (Å²) in [5.74, 6) is -0.857. The number of nitrogens with zero attached hydrogens (tertiary/aromatic N) is 4. The molecule has 5 rings (SSSR count). The first-order valence-corrected chi connectivity index (χ1v) is 14.3. The van der Waals surface area contributed by atoms with Gasteiger partial charge in [-0.1, -0.05) is 35.4 Å². The number of hydrogen-bond donors (Lipinski definition) is 1. The minimum absolute atomic E-state index is 0.170. The van der Waals surface area contributed by atoms with E-state index in [1.54, 1.807) is 31.4 Å². The Morgan fingerprint density at radius 2 is 1.60 bits per heavy atom. The average molecular weight is 687 g/mol. The summed E-state index contributed by atoms with van der Waals surface area (Å²) in [5, 5.41) is 5.17. The van der Waals surface area contributed by atoms with Crippen LogP contribution in [0.15, 0.2) is 54.9 Å². The van der Waals surface area contributed by atoms with Crippen LogP contribution in [0.25, 0.3) is 11.0 Å². The van der Waals surface area contributed by atoms with Gasteiger partial charge in [0.1, 0.15) is 34.7 Å². The Hall–Kier alpha value is -3.66. The SMILES string of the molecule is COCCO[C@@H]1[C@H](OC(=O)c2ccc(C)cc2)[C@@H](COC(=O)c2ccc(C)cc2)O[C@H]1n1nc(I)c2c(N)ncnc21. The third-order valence-electron chi connectivity index (χ3n) is 6.80. The molecule has 0 amide bonds. The number of nitrogen functional groups attached to an aromatic ring is 1. The zero-order valence-corrected chi connectivity index (χ0v) is 25.4. The first-order valence-electron chi connectivity index (χ1n) is 13.2. The fourth-order valence-corrected chi connectivity index (χ4v) is 5.32. The van der Waals surface area contributed by atoms with Crippen molar-refractivity contribution in [2.75, 3.05) is 32.7 Å². The van der Waals surface area contributed by atoms with Gasteiger partial charge in [-0.05, 0) is 60.7 Å². The van der Waals surface area contributed by atoms with Crippen molar-refractivity contribution >= 4 is 51.4 Å². The average Bonchev–Trinajstić information content (AvgIpc) is 3.49. The largest absolute Gasteiger partial charge is 0.459 e. The Labute approximate surface area is 255 Å². The number of hydrogen-bond acceptors (Lipinski definition) is 11. The molecule has 42 heavy (non-hydrogen) atoms. The Morgan fingerprint density at radius 1 is 0.952 bits per heavy atom. The standard InChI is InChI=1S/C29H30IN5O7/c1-16-4-8-18(9-5-16)28(36)40-14-20-22(42-29(37)19-10-6-17(2)7-11-19)23(39-13-12-38-3)27(41-20)35-26-21(24(30)34-35)25(31)32-15-33-26/h4-11,15,20,22-23,27H,12-14H2,1-3H3,(H2,31,32,33)/t20-,22-,23-,27-/m1/s1.